The first-order valence-corrected chi connectivity index (χ1v) is 11.4. The van der Waals surface area contributed by atoms with E-state index in [1.54, 1.807) is 0 Å². The van der Waals surface area contributed by atoms with Crippen molar-refractivity contribution >= 4 is 17.7 Å². The number of Topliss-reactive ketones (excluding diaryl/α,β-unsaturated/α-hetero) is 1. The topological polar surface area (TPSA) is 112 Å². The van der Waals surface area contributed by atoms with E-state index in [2.05, 4.69) is 6.58 Å². The standard InChI is InChI=1S/C24H32O8/c1-11-14-7-16-24(32-16)22(6)17(20(28)29-10-23(24,8-14)18(11)27)21(4,5)9-15(30-12(2)25)19(22)31-13(3)26/h14-17,19-20,28H,1,7-10H2,2-6H3/t14-,15+,16+,17-,19+,20-,22+,23-,24+/m1/s1. The number of aliphatic hydroxyl groups is 1. The van der Waals surface area contributed by atoms with Gasteiger partial charge in [0.1, 0.15) is 17.8 Å². The molecule has 2 aliphatic heterocycles. The van der Waals surface area contributed by atoms with Crippen molar-refractivity contribution in [3.05, 3.63) is 12.2 Å². The number of carbonyl (C=O) groups is 3. The van der Waals surface area contributed by atoms with Crippen molar-refractivity contribution in [1.29, 1.82) is 0 Å². The van der Waals surface area contributed by atoms with E-state index in [0.29, 0.717) is 24.8 Å². The first-order valence-electron chi connectivity index (χ1n) is 11.4. The fraction of sp³-hybridized carbons (Fsp3) is 0.792. The van der Waals surface area contributed by atoms with Crippen molar-refractivity contribution in [2.24, 2.45) is 28.1 Å². The molecule has 0 aromatic heterocycles. The smallest absolute Gasteiger partial charge is 0.303 e. The highest BCUT2D eigenvalue weighted by molar-refractivity contribution is 6.04. The van der Waals surface area contributed by atoms with E-state index in [-0.39, 0.29) is 24.4 Å². The third kappa shape index (κ3) is 2.41. The molecule has 8 heteroatoms. The number of rotatable bonds is 2. The van der Waals surface area contributed by atoms with Crippen LogP contribution in [-0.4, -0.2) is 59.6 Å². The van der Waals surface area contributed by atoms with Crippen LogP contribution in [0, 0.1) is 28.1 Å². The maximum atomic E-state index is 13.7. The van der Waals surface area contributed by atoms with Gasteiger partial charge in [-0.05, 0) is 36.2 Å². The maximum absolute atomic E-state index is 13.7. The van der Waals surface area contributed by atoms with Gasteiger partial charge in [-0.1, -0.05) is 27.4 Å². The van der Waals surface area contributed by atoms with E-state index in [1.165, 1.54) is 13.8 Å². The van der Waals surface area contributed by atoms with E-state index in [4.69, 9.17) is 18.9 Å². The molecule has 8 nitrogen and oxygen atoms in total. The molecule has 0 unspecified atom stereocenters. The summed E-state index contributed by atoms with van der Waals surface area (Å²) in [6.45, 7) is 12.6. The molecule has 1 N–H and O–H groups in total. The van der Waals surface area contributed by atoms with Gasteiger partial charge < -0.3 is 24.1 Å². The Bertz CT molecular complexity index is 925. The SMILES string of the molecule is C=C1C(=O)[C@@]23CO[C@@H](O)[C@@H]4C(C)(C)C[C@H](OC(C)=O)[C@H](OC(C)=O)[C@@]4(C)[C@]24O[C@H]4C[C@@H]1C3. The number of esters is 2. The van der Waals surface area contributed by atoms with Crippen LogP contribution in [0.1, 0.15) is 53.9 Å². The van der Waals surface area contributed by atoms with E-state index in [0.717, 1.165) is 0 Å². The first-order chi connectivity index (χ1) is 14.8. The lowest BCUT2D eigenvalue weighted by atomic mass is 9.44. The minimum Gasteiger partial charge on any atom is -0.459 e. The zero-order valence-corrected chi connectivity index (χ0v) is 19.3. The monoisotopic (exact) mass is 448 g/mol. The molecule has 0 amide bonds. The van der Waals surface area contributed by atoms with Gasteiger partial charge in [0.15, 0.2) is 12.1 Å². The Morgan fingerprint density at radius 2 is 1.78 bits per heavy atom. The molecule has 9 atom stereocenters. The fourth-order valence-electron chi connectivity index (χ4n) is 8.25. The molecular formula is C24H32O8. The average molecular weight is 449 g/mol. The van der Waals surface area contributed by atoms with Crippen LogP contribution in [0.5, 0.6) is 0 Å². The Labute approximate surface area is 187 Å². The van der Waals surface area contributed by atoms with Gasteiger partial charge >= 0.3 is 11.9 Å². The minimum absolute atomic E-state index is 0.0112. The predicted octanol–water partition coefficient (Wildman–Crippen LogP) is 1.92. The van der Waals surface area contributed by atoms with Crippen LogP contribution in [-0.2, 0) is 33.3 Å². The van der Waals surface area contributed by atoms with Crippen LogP contribution in [0.15, 0.2) is 12.2 Å². The number of epoxide rings is 1. The van der Waals surface area contributed by atoms with Crippen molar-refractivity contribution in [3.8, 4) is 0 Å². The number of allylic oxidation sites excluding steroid dienone is 1. The van der Waals surface area contributed by atoms with Crippen molar-refractivity contribution in [2.75, 3.05) is 6.61 Å². The number of ether oxygens (including phenoxy) is 4. The van der Waals surface area contributed by atoms with Crippen LogP contribution in [0.3, 0.4) is 0 Å². The Kier molecular flexibility index (Phi) is 4.42. The molecule has 0 aromatic carbocycles. The predicted molar refractivity (Wildman–Crippen MR) is 110 cm³/mol. The van der Waals surface area contributed by atoms with Gasteiger partial charge in [-0.25, -0.2) is 0 Å². The summed E-state index contributed by atoms with van der Waals surface area (Å²) >= 11 is 0. The number of ketones is 1. The summed E-state index contributed by atoms with van der Waals surface area (Å²) in [5.74, 6) is -1.62. The highest BCUT2D eigenvalue weighted by Crippen LogP contribution is 2.77. The van der Waals surface area contributed by atoms with Crippen LogP contribution in [0.25, 0.3) is 0 Å². The number of fused-ring (bicyclic) bond motifs is 2. The molecule has 5 aliphatic rings. The molecule has 32 heavy (non-hydrogen) atoms. The Hall–Kier alpha value is -1.77. The quantitative estimate of drug-likeness (QED) is 0.387. The second kappa shape index (κ2) is 6.42. The van der Waals surface area contributed by atoms with E-state index < -0.39 is 58.2 Å². The van der Waals surface area contributed by atoms with Gasteiger partial charge in [0.25, 0.3) is 0 Å². The second-order valence-electron chi connectivity index (χ2n) is 11.2. The zero-order valence-electron chi connectivity index (χ0n) is 19.3. The van der Waals surface area contributed by atoms with Crippen molar-refractivity contribution in [1.82, 2.24) is 0 Å². The molecule has 0 aromatic rings. The van der Waals surface area contributed by atoms with Crippen LogP contribution >= 0.6 is 0 Å². The lowest BCUT2D eigenvalue weighted by Crippen LogP contribution is -2.70. The molecule has 2 spiro atoms. The summed E-state index contributed by atoms with van der Waals surface area (Å²) in [5, 5.41) is 11.3. The normalized spacial score (nSPS) is 50.4. The summed E-state index contributed by atoms with van der Waals surface area (Å²) in [5.41, 5.74) is -3.07. The van der Waals surface area contributed by atoms with Crippen molar-refractivity contribution < 1.29 is 38.4 Å². The molecule has 0 radical (unpaired) electrons. The third-order valence-corrected chi connectivity index (χ3v) is 9.09. The number of aliphatic hydroxyl groups excluding tert-OH is 1. The van der Waals surface area contributed by atoms with Gasteiger partial charge in [0, 0.05) is 25.2 Å². The fourth-order valence-corrected chi connectivity index (χ4v) is 8.25. The van der Waals surface area contributed by atoms with Gasteiger partial charge in [0.2, 0.25) is 0 Å². The molecule has 5 fully saturated rings. The van der Waals surface area contributed by atoms with Crippen LogP contribution in [0.2, 0.25) is 0 Å². The Morgan fingerprint density at radius 1 is 1.12 bits per heavy atom. The van der Waals surface area contributed by atoms with Gasteiger partial charge in [-0.15, -0.1) is 0 Å². The van der Waals surface area contributed by atoms with Crippen LogP contribution in [0.4, 0.5) is 0 Å². The van der Waals surface area contributed by atoms with Crippen molar-refractivity contribution in [3.63, 3.8) is 0 Å². The molecule has 3 saturated carbocycles. The lowest BCUT2D eigenvalue weighted by Gasteiger charge is -2.60. The maximum Gasteiger partial charge on any atom is 0.303 e. The molecule has 2 heterocycles. The summed E-state index contributed by atoms with van der Waals surface area (Å²) in [4.78, 5) is 37.9. The number of hydrogen-bond acceptors (Lipinski definition) is 8. The third-order valence-electron chi connectivity index (χ3n) is 9.09. The lowest BCUT2D eigenvalue weighted by molar-refractivity contribution is -0.259. The summed E-state index contributed by atoms with van der Waals surface area (Å²) < 4.78 is 24.1. The van der Waals surface area contributed by atoms with Gasteiger partial charge in [-0.2, -0.15) is 0 Å². The van der Waals surface area contributed by atoms with E-state index >= 15 is 0 Å². The zero-order chi connectivity index (χ0) is 23.4. The highest BCUT2D eigenvalue weighted by Gasteiger charge is 2.88. The van der Waals surface area contributed by atoms with Crippen molar-refractivity contribution in [2.45, 2.75) is 84.1 Å². The number of carbonyl (C=O) groups excluding carboxylic acids is 3. The van der Waals surface area contributed by atoms with Gasteiger partial charge in [-0.3, -0.25) is 14.4 Å². The molecule has 2 saturated heterocycles. The van der Waals surface area contributed by atoms with E-state index in [1.807, 2.05) is 20.8 Å². The summed E-state index contributed by atoms with van der Waals surface area (Å²) in [6.07, 6.45) is -1.56. The summed E-state index contributed by atoms with van der Waals surface area (Å²) in [7, 11) is 0. The first kappa shape index (κ1) is 22.0. The molecular weight excluding hydrogens is 416 g/mol. The number of hydrogen-bond donors (Lipinski definition) is 1. The minimum atomic E-state index is -1.20. The molecule has 2 bridgehead atoms. The molecule has 5 rings (SSSR count). The molecule has 3 aliphatic carbocycles. The summed E-state index contributed by atoms with van der Waals surface area (Å²) in [6, 6.07) is 0. The second-order valence-corrected chi connectivity index (χ2v) is 11.2. The molecule has 176 valence electrons. The largest absolute Gasteiger partial charge is 0.459 e. The van der Waals surface area contributed by atoms with Gasteiger partial charge in [0.05, 0.1) is 18.1 Å². The Balaban J connectivity index is 1.75. The van der Waals surface area contributed by atoms with E-state index in [9.17, 15) is 19.5 Å². The Morgan fingerprint density at radius 3 is 2.41 bits per heavy atom. The highest BCUT2D eigenvalue weighted by atomic mass is 16.6. The van der Waals surface area contributed by atoms with Crippen LogP contribution < -0.4 is 0 Å². The average Bonchev–Trinajstić information content (AvgIpc) is 3.39.